The van der Waals surface area contributed by atoms with Crippen molar-refractivity contribution < 1.29 is 18.7 Å². The molecular weight excluding hydrogens is 180 g/mol. The Labute approximate surface area is 72.8 Å². The normalized spacial score (nSPS) is 10.1. The zero-order valence-electron chi connectivity index (χ0n) is 6.55. The first kappa shape index (κ1) is 9.60. The van der Waals surface area contributed by atoms with Crippen molar-refractivity contribution in [3.8, 4) is 5.75 Å². The third kappa shape index (κ3) is 1.81. The molecule has 0 bridgehead atoms. The maximum atomic E-state index is 12.9. The Morgan fingerprint density at radius 2 is 2.00 bits per heavy atom. The van der Waals surface area contributed by atoms with Gasteiger partial charge in [-0.05, 0) is 6.07 Å². The van der Waals surface area contributed by atoms with Gasteiger partial charge in [-0.1, -0.05) is 0 Å². The number of nitrogens with two attached hydrogens (primary N) is 1. The zero-order valence-corrected chi connectivity index (χ0v) is 6.55. The quantitative estimate of drug-likeness (QED) is 0.673. The number of phenolic OH excluding ortho intramolecular Hbond substituents is 1. The molecule has 0 atom stereocenters. The van der Waals surface area contributed by atoms with Crippen molar-refractivity contribution in [1.29, 1.82) is 0 Å². The number of phenols is 1. The monoisotopic (exact) mass is 187 g/mol. The summed E-state index contributed by atoms with van der Waals surface area (Å²) in [5.41, 5.74) is 4.51. The van der Waals surface area contributed by atoms with E-state index in [1.807, 2.05) is 0 Å². The number of halogens is 2. The van der Waals surface area contributed by atoms with Crippen LogP contribution in [0, 0.1) is 11.6 Å². The van der Waals surface area contributed by atoms with E-state index in [1.54, 1.807) is 0 Å². The highest BCUT2D eigenvalue weighted by atomic mass is 19.1. The van der Waals surface area contributed by atoms with Gasteiger partial charge >= 0.3 is 0 Å². The van der Waals surface area contributed by atoms with Gasteiger partial charge in [-0.2, -0.15) is 0 Å². The number of hydrogen-bond acceptors (Lipinski definition) is 3. The molecule has 0 saturated carbocycles. The highest BCUT2D eigenvalue weighted by Crippen LogP contribution is 2.19. The largest absolute Gasteiger partial charge is 0.505 e. The minimum absolute atomic E-state index is 0.402. The molecule has 0 aromatic heterocycles. The number of benzene rings is 1. The van der Waals surface area contributed by atoms with Crippen molar-refractivity contribution in [3.63, 3.8) is 0 Å². The number of carbonyl (C=O) groups is 1. The van der Waals surface area contributed by atoms with Gasteiger partial charge in [0.25, 0.3) is 0 Å². The summed E-state index contributed by atoms with van der Waals surface area (Å²) >= 11 is 0. The molecule has 70 valence electrons. The molecular formula is C8H7F2NO2. The fraction of sp³-hybridized carbons (Fsp3) is 0.125. The van der Waals surface area contributed by atoms with Crippen LogP contribution >= 0.6 is 0 Å². The van der Waals surface area contributed by atoms with E-state index in [9.17, 15) is 13.6 Å². The third-order valence-electron chi connectivity index (χ3n) is 1.52. The number of Topliss-reactive ketones (excluding diaryl/α,β-unsaturated/α-hetero) is 1. The predicted molar refractivity (Wildman–Crippen MR) is 41.4 cm³/mol. The van der Waals surface area contributed by atoms with Crippen LogP contribution in [0.4, 0.5) is 8.78 Å². The lowest BCUT2D eigenvalue weighted by molar-refractivity contribution is 0.0997. The second-order valence-corrected chi connectivity index (χ2v) is 2.41. The SMILES string of the molecule is NCC(=O)c1cc(F)c(O)cc1F. The first-order chi connectivity index (χ1) is 6.06. The third-order valence-corrected chi connectivity index (χ3v) is 1.52. The molecule has 0 saturated heterocycles. The summed E-state index contributed by atoms with van der Waals surface area (Å²) in [5, 5.41) is 8.72. The van der Waals surface area contributed by atoms with Crippen LogP contribution in [-0.4, -0.2) is 17.4 Å². The first-order valence-electron chi connectivity index (χ1n) is 3.47. The number of hydrogen-bond donors (Lipinski definition) is 2. The lowest BCUT2D eigenvalue weighted by atomic mass is 10.1. The van der Waals surface area contributed by atoms with E-state index in [-0.39, 0.29) is 0 Å². The van der Waals surface area contributed by atoms with Crippen molar-refractivity contribution in [2.45, 2.75) is 0 Å². The van der Waals surface area contributed by atoms with Crippen molar-refractivity contribution in [2.75, 3.05) is 6.54 Å². The molecule has 0 radical (unpaired) electrons. The molecule has 0 heterocycles. The van der Waals surface area contributed by atoms with Crippen molar-refractivity contribution >= 4 is 5.78 Å². The van der Waals surface area contributed by atoms with Gasteiger partial charge in [0.1, 0.15) is 5.82 Å². The Hall–Kier alpha value is -1.49. The Kier molecular flexibility index (Phi) is 2.57. The molecule has 0 amide bonds. The molecule has 1 aromatic carbocycles. The lowest BCUT2D eigenvalue weighted by Crippen LogP contribution is -2.15. The molecule has 13 heavy (non-hydrogen) atoms. The minimum Gasteiger partial charge on any atom is -0.505 e. The smallest absolute Gasteiger partial charge is 0.179 e. The van der Waals surface area contributed by atoms with Crippen LogP contribution in [0.3, 0.4) is 0 Å². The van der Waals surface area contributed by atoms with E-state index in [2.05, 4.69) is 0 Å². The van der Waals surface area contributed by atoms with Gasteiger partial charge < -0.3 is 10.8 Å². The van der Waals surface area contributed by atoms with Gasteiger partial charge in [-0.15, -0.1) is 0 Å². The molecule has 0 aliphatic rings. The number of carbonyl (C=O) groups excluding carboxylic acids is 1. The number of rotatable bonds is 2. The summed E-state index contributed by atoms with van der Waals surface area (Å²) in [7, 11) is 0. The first-order valence-corrected chi connectivity index (χ1v) is 3.47. The second-order valence-electron chi connectivity index (χ2n) is 2.41. The highest BCUT2D eigenvalue weighted by molar-refractivity contribution is 5.97. The fourth-order valence-corrected chi connectivity index (χ4v) is 0.860. The van der Waals surface area contributed by atoms with Gasteiger partial charge in [0.2, 0.25) is 0 Å². The van der Waals surface area contributed by atoms with Crippen LogP contribution in [0.1, 0.15) is 10.4 Å². The van der Waals surface area contributed by atoms with Gasteiger partial charge in [0.15, 0.2) is 17.3 Å². The summed E-state index contributed by atoms with van der Waals surface area (Å²) < 4.78 is 25.5. The van der Waals surface area contributed by atoms with Crippen LogP contribution in [-0.2, 0) is 0 Å². The minimum atomic E-state index is -1.04. The maximum Gasteiger partial charge on any atom is 0.179 e. The highest BCUT2D eigenvalue weighted by Gasteiger charge is 2.13. The summed E-state index contributed by atoms with van der Waals surface area (Å²) in [5.74, 6) is -3.56. The standard InChI is InChI=1S/C8H7F2NO2/c9-5-2-7(12)6(10)1-4(5)8(13)3-11/h1-2,12H,3,11H2. The number of ketones is 1. The average Bonchev–Trinajstić information content (AvgIpc) is 2.10. The Bertz CT molecular complexity index is 352. The predicted octanol–water partition coefficient (Wildman–Crippen LogP) is 0.812. The number of aromatic hydroxyl groups is 1. The summed E-state index contributed by atoms with van der Waals surface area (Å²) in [6.07, 6.45) is 0. The zero-order chi connectivity index (χ0) is 10.0. The molecule has 0 unspecified atom stereocenters. The molecule has 0 fully saturated rings. The fourth-order valence-electron chi connectivity index (χ4n) is 0.860. The van der Waals surface area contributed by atoms with Crippen LogP contribution in [0.2, 0.25) is 0 Å². The van der Waals surface area contributed by atoms with Crippen LogP contribution in [0.5, 0.6) is 5.75 Å². The topological polar surface area (TPSA) is 63.3 Å². The average molecular weight is 187 g/mol. The molecule has 0 aliphatic heterocycles. The molecule has 1 aromatic rings. The molecule has 1 rings (SSSR count). The van der Waals surface area contributed by atoms with Crippen molar-refractivity contribution in [2.24, 2.45) is 5.73 Å². The summed E-state index contributed by atoms with van der Waals surface area (Å²) in [4.78, 5) is 10.9. The van der Waals surface area contributed by atoms with E-state index >= 15 is 0 Å². The van der Waals surface area contributed by atoms with Crippen molar-refractivity contribution in [3.05, 3.63) is 29.3 Å². The Balaban J connectivity index is 3.23. The van der Waals surface area contributed by atoms with E-state index in [4.69, 9.17) is 10.8 Å². The second kappa shape index (κ2) is 3.49. The van der Waals surface area contributed by atoms with Crippen molar-refractivity contribution in [1.82, 2.24) is 0 Å². The van der Waals surface area contributed by atoms with E-state index in [1.165, 1.54) is 0 Å². The molecule has 5 heteroatoms. The summed E-state index contributed by atoms with van der Waals surface area (Å²) in [6.45, 7) is -0.402. The van der Waals surface area contributed by atoms with Crippen LogP contribution in [0.25, 0.3) is 0 Å². The van der Waals surface area contributed by atoms with Gasteiger partial charge in [-0.3, -0.25) is 4.79 Å². The molecule has 3 N–H and O–H groups in total. The van der Waals surface area contributed by atoms with Gasteiger partial charge in [0.05, 0.1) is 12.1 Å². The molecule has 3 nitrogen and oxygen atoms in total. The Morgan fingerprint density at radius 3 is 2.54 bits per heavy atom. The Morgan fingerprint density at radius 1 is 1.38 bits per heavy atom. The maximum absolute atomic E-state index is 12.9. The van der Waals surface area contributed by atoms with Crippen LogP contribution < -0.4 is 5.73 Å². The van der Waals surface area contributed by atoms with Gasteiger partial charge in [0, 0.05) is 6.07 Å². The van der Waals surface area contributed by atoms with Crippen LogP contribution in [0.15, 0.2) is 12.1 Å². The van der Waals surface area contributed by atoms with E-state index < -0.39 is 35.3 Å². The molecule has 0 spiro atoms. The lowest BCUT2D eigenvalue weighted by Gasteiger charge is -2.01. The van der Waals surface area contributed by atoms with E-state index in [0.29, 0.717) is 12.1 Å². The molecule has 0 aliphatic carbocycles. The van der Waals surface area contributed by atoms with Gasteiger partial charge in [-0.25, -0.2) is 8.78 Å². The van der Waals surface area contributed by atoms with E-state index in [0.717, 1.165) is 0 Å². The summed E-state index contributed by atoms with van der Waals surface area (Å²) in [6, 6.07) is 1.16.